The van der Waals surface area contributed by atoms with Gasteiger partial charge in [0.1, 0.15) is 17.0 Å². The lowest BCUT2D eigenvalue weighted by Gasteiger charge is -2.31. The van der Waals surface area contributed by atoms with Crippen LogP contribution < -0.4 is 15.0 Å². The van der Waals surface area contributed by atoms with Gasteiger partial charge in [-0.15, -0.1) is 0 Å². The number of carbonyl (C=O) groups is 3. The Morgan fingerprint density at radius 2 is 1.60 bits per heavy atom. The fraction of sp³-hybridized carbons (Fsp3) is 0.222. The van der Waals surface area contributed by atoms with Crippen LogP contribution in [0.4, 0.5) is 17.1 Å². The summed E-state index contributed by atoms with van der Waals surface area (Å²) in [4.78, 5) is 63.2. The van der Waals surface area contributed by atoms with Crippen molar-refractivity contribution in [2.24, 2.45) is 11.8 Å². The van der Waals surface area contributed by atoms with Crippen molar-refractivity contribution in [3.8, 4) is 5.75 Å². The zero-order valence-corrected chi connectivity index (χ0v) is 20.9. The molecule has 0 spiro atoms. The zero-order valence-electron chi connectivity index (χ0n) is 20.9. The molecule has 2 N–H and O–H groups in total. The molecule has 13 heteroatoms. The Bertz CT molecular complexity index is 1540. The number of anilines is 1. The Labute approximate surface area is 226 Å². The van der Waals surface area contributed by atoms with Crippen LogP contribution in [-0.4, -0.2) is 45.4 Å². The van der Waals surface area contributed by atoms with Crippen molar-refractivity contribution in [2.45, 2.75) is 18.0 Å². The molecule has 0 saturated carbocycles. The highest BCUT2D eigenvalue weighted by Crippen LogP contribution is 2.52. The van der Waals surface area contributed by atoms with Crippen molar-refractivity contribution in [1.82, 2.24) is 5.32 Å². The summed E-state index contributed by atoms with van der Waals surface area (Å²) in [6, 6.07) is 16.3. The fourth-order valence-electron chi connectivity index (χ4n) is 5.65. The van der Waals surface area contributed by atoms with Gasteiger partial charge < -0.3 is 9.84 Å². The molecule has 0 unspecified atom stereocenters. The summed E-state index contributed by atoms with van der Waals surface area (Å²) in [6.07, 6.45) is -0.160. The molecule has 2 fully saturated rings. The number of imide groups is 1. The van der Waals surface area contributed by atoms with E-state index >= 15 is 0 Å². The summed E-state index contributed by atoms with van der Waals surface area (Å²) in [5.74, 6) is -5.65. The van der Waals surface area contributed by atoms with Crippen molar-refractivity contribution < 1.29 is 34.1 Å². The van der Waals surface area contributed by atoms with E-state index in [9.17, 15) is 39.7 Å². The van der Waals surface area contributed by atoms with E-state index < -0.39 is 56.7 Å². The molecule has 0 radical (unpaired) electrons. The standard InChI is InChI=1S/C27H22N4O9/c1-40-20-12-11-18(31(38)39)13-19(20)29-24(32)21-22(25(29)33)27(26(34)35,14-15-5-3-2-4-6-15)28-23(21)16-7-9-17(10-8-16)30(36)37/h2-13,21-23,28H,14H2,1H3,(H,34,35)/t21-,22+,23-,27-/m0/s1. The van der Waals surface area contributed by atoms with Crippen molar-refractivity contribution in [2.75, 3.05) is 12.0 Å². The van der Waals surface area contributed by atoms with Crippen LogP contribution in [0.3, 0.4) is 0 Å². The van der Waals surface area contributed by atoms with Crippen molar-refractivity contribution in [3.63, 3.8) is 0 Å². The summed E-state index contributed by atoms with van der Waals surface area (Å²) in [5, 5.41) is 36.3. The average molecular weight is 546 g/mol. The number of hydrogen-bond acceptors (Lipinski definition) is 9. The average Bonchev–Trinajstić information content (AvgIpc) is 3.42. The molecular weight excluding hydrogens is 524 g/mol. The number of aliphatic carboxylic acids is 1. The number of fused-ring (bicyclic) bond motifs is 1. The van der Waals surface area contributed by atoms with Crippen LogP contribution in [0.5, 0.6) is 5.75 Å². The number of methoxy groups -OCH3 is 1. The highest BCUT2D eigenvalue weighted by molar-refractivity contribution is 6.25. The minimum Gasteiger partial charge on any atom is -0.495 e. The minimum atomic E-state index is -1.95. The molecule has 204 valence electrons. The molecule has 4 atom stereocenters. The van der Waals surface area contributed by atoms with E-state index in [0.29, 0.717) is 11.1 Å². The monoisotopic (exact) mass is 546 g/mol. The van der Waals surface area contributed by atoms with Crippen LogP contribution >= 0.6 is 0 Å². The number of ether oxygens (including phenoxy) is 1. The Morgan fingerprint density at radius 1 is 0.975 bits per heavy atom. The highest BCUT2D eigenvalue weighted by Gasteiger charge is 2.69. The van der Waals surface area contributed by atoms with Gasteiger partial charge in [0, 0.05) is 36.7 Å². The first-order chi connectivity index (χ1) is 19.1. The first-order valence-corrected chi connectivity index (χ1v) is 12.1. The summed E-state index contributed by atoms with van der Waals surface area (Å²) in [7, 11) is 1.27. The Hall–Kier alpha value is -5.17. The molecule has 2 amide bonds. The molecule has 2 aliphatic heterocycles. The molecule has 2 saturated heterocycles. The molecule has 2 aliphatic rings. The summed E-state index contributed by atoms with van der Waals surface area (Å²) < 4.78 is 5.29. The first-order valence-electron chi connectivity index (χ1n) is 12.1. The van der Waals surface area contributed by atoms with E-state index in [1.807, 2.05) is 0 Å². The number of nitrogens with one attached hydrogen (secondary N) is 1. The second-order valence-electron chi connectivity index (χ2n) is 9.54. The highest BCUT2D eigenvalue weighted by atomic mass is 16.6. The lowest BCUT2D eigenvalue weighted by molar-refractivity contribution is -0.385. The van der Waals surface area contributed by atoms with Gasteiger partial charge in [-0.3, -0.25) is 39.9 Å². The third-order valence-corrected chi connectivity index (χ3v) is 7.44. The SMILES string of the molecule is COc1ccc([N+](=O)[O-])cc1N1C(=O)[C@@H]2[C@H](c3ccc([N+](=O)[O-])cc3)N[C@](Cc3ccccc3)(C(=O)O)[C@H]2C1=O. The van der Waals surface area contributed by atoms with Gasteiger partial charge in [0.15, 0.2) is 0 Å². The number of nitro groups is 2. The summed E-state index contributed by atoms with van der Waals surface area (Å²) in [6.45, 7) is 0. The van der Waals surface area contributed by atoms with E-state index in [2.05, 4.69) is 5.32 Å². The number of carbonyl (C=O) groups excluding carboxylic acids is 2. The summed E-state index contributed by atoms with van der Waals surface area (Å²) in [5.41, 5.74) is -1.77. The lowest BCUT2D eigenvalue weighted by Crippen LogP contribution is -2.57. The van der Waals surface area contributed by atoms with Crippen LogP contribution in [0, 0.1) is 32.1 Å². The molecule has 0 aliphatic carbocycles. The molecule has 2 heterocycles. The topological polar surface area (TPSA) is 182 Å². The molecule has 3 aromatic rings. The number of carboxylic acid groups (broad SMARTS) is 1. The van der Waals surface area contributed by atoms with Crippen molar-refractivity contribution in [3.05, 3.63) is 104 Å². The maximum atomic E-state index is 14.1. The van der Waals surface area contributed by atoms with Crippen LogP contribution in [-0.2, 0) is 20.8 Å². The summed E-state index contributed by atoms with van der Waals surface area (Å²) >= 11 is 0. The van der Waals surface area contributed by atoms with Gasteiger partial charge in [0.25, 0.3) is 11.4 Å². The third-order valence-electron chi connectivity index (χ3n) is 7.44. The van der Waals surface area contributed by atoms with E-state index in [1.54, 1.807) is 30.3 Å². The Balaban J connectivity index is 1.68. The number of hydrogen-bond donors (Lipinski definition) is 2. The zero-order chi connectivity index (χ0) is 28.8. The predicted molar refractivity (Wildman–Crippen MR) is 139 cm³/mol. The maximum Gasteiger partial charge on any atom is 0.325 e. The minimum absolute atomic E-state index is 0.0103. The van der Waals surface area contributed by atoms with E-state index in [-0.39, 0.29) is 23.5 Å². The quantitative estimate of drug-likeness (QED) is 0.242. The number of rotatable bonds is 8. The van der Waals surface area contributed by atoms with Gasteiger partial charge >= 0.3 is 5.97 Å². The van der Waals surface area contributed by atoms with Gasteiger partial charge in [0.2, 0.25) is 11.8 Å². The molecule has 0 aromatic heterocycles. The van der Waals surface area contributed by atoms with Gasteiger partial charge in [0.05, 0.1) is 28.8 Å². The van der Waals surface area contributed by atoms with E-state index in [0.717, 1.165) is 17.0 Å². The number of nitro benzene ring substituents is 2. The van der Waals surface area contributed by atoms with E-state index in [1.165, 1.54) is 37.4 Å². The van der Waals surface area contributed by atoms with Gasteiger partial charge in [-0.05, 0) is 17.2 Å². The number of benzene rings is 3. The normalized spacial score (nSPS) is 23.6. The van der Waals surface area contributed by atoms with Gasteiger partial charge in [-0.2, -0.15) is 0 Å². The molecule has 3 aromatic carbocycles. The Morgan fingerprint density at radius 3 is 2.17 bits per heavy atom. The largest absolute Gasteiger partial charge is 0.495 e. The van der Waals surface area contributed by atoms with Gasteiger partial charge in [-0.1, -0.05) is 42.5 Å². The van der Waals surface area contributed by atoms with E-state index in [4.69, 9.17) is 4.74 Å². The molecule has 5 rings (SSSR count). The Kier molecular flexibility index (Phi) is 6.51. The lowest BCUT2D eigenvalue weighted by atomic mass is 9.76. The smallest absolute Gasteiger partial charge is 0.325 e. The molecule has 13 nitrogen and oxygen atoms in total. The van der Waals surface area contributed by atoms with Crippen LogP contribution in [0.25, 0.3) is 0 Å². The molecular formula is C27H22N4O9. The molecule has 40 heavy (non-hydrogen) atoms. The number of nitrogens with zero attached hydrogens (tertiary/aromatic N) is 3. The number of amides is 2. The second-order valence-corrected chi connectivity index (χ2v) is 9.54. The molecule has 0 bridgehead atoms. The van der Waals surface area contributed by atoms with Gasteiger partial charge in [-0.25, -0.2) is 4.90 Å². The number of non-ortho nitro benzene ring substituents is 2. The number of carboxylic acids is 1. The first kappa shape index (κ1) is 26.4. The fourth-order valence-corrected chi connectivity index (χ4v) is 5.65. The maximum absolute atomic E-state index is 14.1. The second kappa shape index (κ2) is 9.85. The van der Waals surface area contributed by atoms with Crippen LogP contribution in [0.1, 0.15) is 17.2 Å². The van der Waals surface area contributed by atoms with Crippen LogP contribution in [0.2, 0.25) is 0 Å². The third kappa shape index (κ3) is 4.12. The van der Waals surface area contributed by atoms with Crippen molar-refractivity contribution >= 4 is 34.8 Å². The predicted octanol–water partition coefficient (Wildman–Crippen LogP) is 3.03. The van der Waals surface area contributed by atoms with Crippen LogP contribution in [0.15, 0.2) is 72.8 Å². The van der Waals surface area contributed by atoms with Crippen molar-refractivity contribution in [1.29, 1.82) is 0 Å².